The van der Waals surface area contributed by atoms with Crippen molar-refractivity contribution in [3.8, 4) is 0 Å². The van der Waals surface area contributed by atoms with Gasteiger partial charge in [-0.15, -0.1) is 0 Å². The van der Waals surface area contributed by atoms with Gasteiger partial charge in [-0.2, -0.15) is 0 Å². The molecule has 0 bridgehead atoms. The second-order valence-electron chi connectivity index (χ2n) is 5.00. The van der Waals surface area contributed by atoms with Gasteiger partial charge in [0.2, 0.25) is 0 Å². The zero-order chi connectivity index (χ0) is 12.6. The minimum absolute atomic E-state index is 0.380. The first-order valence-corrected chi connectivity index (χ1v) is 6.35. The van der Waals surface area contributed by atoms with Crippen molar-refractivity contribution in [2.45, 2.75) is 66.2 Å². The molecule has 0 saturated heterocycles. The van der Waals surface area contributed by atoms with E-state index in [-0.39, 0.29) is 0 Å². The number of rotatable bonds is 8. The van der Waals surface area contributed by atoms with Crippen LogP contribution in [0.4, 0.5) is 0 Å². The van der Waals surface area contributed by atoms with Crippen LogP contribution in [0.5, 0.6) is 0 Å². The minimum atomic E-state index is -0.799. The van der Waals surface area contributed by atoms with E-state index < -0.39 is 5.97 Å². The lowest BCUT2D eigenvalue weighted by Gasteiger charge is -2.27. The molecular weight excluding hydrogens is 200 g/mol. The van der Waals surface area contributed by atoms with Gasteiger partial charge in [-0.25, -0.2) is 4.79 Å². The molecule has 0 rings (SSSR count). The Morgan fingerprint density at radius 1 is 1.31 bits per heavy atom. The van der Waals surface area contributed by atoms with Gasteiger partial charge in [0.05, 0.1) is 0 Å². The minimum Gasteiger partial charge on any atom is -0.478 e. The molecule has 0 aromatic carbocycles. The maximum absolute atomic E-state index is 10.6. The summed E-state index contributed by atoms with van der Waals surface area (Å²) in [5.74, 6) is -0.799. The monoisotopic (exact) mass is 226 g/mol. The van der Waals surface area contributed by atoms with Crippen molar-refractivity contribution in [3.63, 3.8) is 0 Å². The van der Waals surface area contributed by atoms with Crippen LogP contribution in [0.3, 0.4) is 0 Å². The molecule has 0 aromatic rings. The first-order valence-electron chi connectivity index (χ1n) is 6.35. The highest BCUT2D eigenvalue weighted by Crippen LogP contribution is 2.33. The SMILES string of the molecule is CCCCC(C)(CC)CCC=C(C)C(=O)O. The number of hydrogen-bond acceptors (Lipinski definition) is 1. The number of carboxylic acids is 1. The Kier molecular flexibility index (Phi) is 7.11. The van der Waals surface area contributed by atoms with Crippen LogP contribution < -0.4 is 0 Å². The van der Waals surface area contributed by atoms with Crippen LogP contribution in [0.25, 0.3) is 0 Å². The predicted octanol–water partition coefficient (Wildman–Crippen LogP) is 4.40. The van der Waals surface area contributed by atoms with E-state index in [0.29, 0.717) is 11.0 Å². The lowest BCUT2D eigenvalue weighted by atomic mass is 9.78. The maximum Gasteiger partial charge on any atom is 0.330 e. The van der Waals surface area contributed by atoms with Crippen LogP contribution in [0.2, 0.25) is 0 Å². The molecule has 0 spiro atoms. The van der Waals surface area contributed by atoms with E-state index in [1.165, 1.54) is 25.7 Å². The molecule has 0 aliphatic carbocycles. The molecule has 2 nitrogen and oxygen atoms in total. The molecule has 0 radical (unpaired) electrons. The van der Waals surface area contributed by atoms with Crippen molar-refractivity contribution in [1.82, 2.24) is 0 Å². The molecule has 0 amide bonds. The Morgan fingerprint density at radius 2 is 1.94 bits per heavy atom. The van der Waals surface area contributed by atoms with Crippen LogP contribution in [0, 0.1) is 5.41 Å². The highest BCUT2D eigenvalue weighted by Gasteiger charge is 2.20. The third-order valence-electron chi connectivity index (χ3n) is 3.52. The summed E-state index contributed by atoms with van der Waals surface area (Å²) >= 11 is 0. The van der Waals surface area contributed by atoms with Crippen molar-refractivity contribution < 1.29 is 9.90 Å². The van der Waals surface area contributed by atoms with E-state index in [2.05, 4.69) is 20.8 Å². The largest absolute Gasteiger partial charge is 0.478 e. The van der Waals surface area contributed by atoms with Crippen LogP contribution >= 0.6 is 0 Å². The van der Waals surface area contributed by atoms with E-state index in [4.69, 9.17) is 5.11 Å². The topological polar surface area (TPSA) is 37.3 Å². The molecule has 0 aliphatic heterocycles. The number of carboxylic acid groups (broad SMARTS) is 1. The lowest BCUT2D eigenvalue weighted by Crippen LogP contribution is -2.14. The standard InChI is InChI=1S/C14H26O2/c1-5-7-10-14(4,6-2)11-8-9-12(3)13(15)16/h9H,5-8,10-11H2,1-4H3,(H,15,16). The Hall–Kier alpha value is -0.790. The van der Waals surface area contributed by atoms with E-state index in [9.17, 15) is 4.79 Å². The fourth-order valence-corrected chi connectivity index (χ4v) is 1.81. The van der Waals surface area contributed by atoms with Gasteiger partial charge in [-0.1, -0.05) is 46.1 Å². The number of aliphatic carboxylic acids is 1. The second-order valence-corrected chi connectivity index (χ2v) is 5.00. The first kappa shape index (κ1) is 15.2. The van der Waals surface area contributed by atoms with Crippen LogP contribution in [-0.2, 0) is 4.79 Å². The molecule has 0 aromatic heterocycles. The Morgan fingerprint density at radius 3 is 2.38 bits per heavy atom. The quantitative estimate of drug-likeness (QED) is 0.623. The molecule has 1 unspecified atom stereocenters. The average Bonchev–Trinajstić information content (AvgIpc) is 2.26. The van der Waals surface area contributed by atoms with E-state index >= 15 is 0 Å². The third kappa shape index (κ3) is 5.94. The van der Waals surface area contributed by atoms with Gasteiger partial charge in [0.1, 0.15) is 0 Å². The smallest absolute Gasteiger partial charge is 0.330 e. The van der Waals surface area contributed by atoms with Crippen LogP contribution in [0.15, 0.2) is 11.6 Å². The summed E-state index contributed by atoms with van der Waals surface area (Å²) in [5.41, 5.74) is 0.847. The summed E-state index contributed by atoms with van der Waals surface area (Å²) in [6.45, 7) is 8.41. The normalized spacial score (nSPS) is 15.9. The van der Waals surface area contributed by atoms with Gasteiger partial charge in [-0.05, 0) is 31.6 Å². The van der Waals surface area contributed by atoms with Gasteiger partial charge in [0.25, 0.3) is 0 Å². The van der Waals surface area contributed by atoms with E-state index in [1.807, 2.05) is 6.08 Å². The number of unbranched alkanes of at least 4 members (excludes halogenated alkanes) is 1. The fraction of sp³-hybridized carbons (Fsp3) is 0.786. The highest BCUT2D eigenvalue weighted by atomic mass is 16.4. The van der Waals surface area contributed by atoms with Gasteiger partial charge in [0, 0.05) is 5.57 Å². The van der Waals surface area contributed by atoms with Crippen molar-refractivity contribution in [1.29, 1.82) is 0 Å². The Bertz CT molecular complexity index is 243. The number of hydrogen-bond donors (Lipinski definition) is 1. The summed E-state index contributed by atoms with van der Waals surface area (Å²) in [7, 11) is 0. The molecular formula is C14H26O2. The zero-order valence-electron chi connectivity index (χ0n) is 11.2. The summed E-state index contributed by atoms with van der Waals surface area (Å²) < 4.78 is 0. The number of allylic oxidation sites excluding steroid dienone is 1. The van der Waals surface area contributed by atoms with Gasteiger partial charge in [-0.3, -0.25) is 0 Å². The summed E-state index contributed by atoms with van der Waals surface area (Å²) in [4.78, 5) is 10.6. The molecule has 2 heteroatoms. The molecule has 1 N–H and O–H groups in total. The molecule has 0 fully saturated rings. The van der Waals surface area contributed by atoms with Crippen molar-refractivity contribution in [3.05, 3.63) is 11.6 Å². The molecule has 94 valence electrons. The second kappa shape index (κ2) is 7.48. The van der Waals surface area contributed by atoms with Crippen molar-refractivity contribution >= 4 is 5.97 Å². The van der Waals surface area contributed by atoms with Crippen molar-refractivity contribution in [2.75, 3.05) is 0 Å². The first-order chi connectivity index (χ1) is 7.45. The van der Waals surface area contributed by atoms with Crippen LogP contribution in [-0.4, -0.2) is 11.1 Å². The number of carbonyl (C=O) groups is 1. The highest BCUT2D eigenvalue weighted by molar-refractivity contribution is 5.85. The predicted molar refractivity (Wildman–Crippen MR) is 68.5 cm³/mol. The van der Waals surface area contributed by atoms with E-state index in [0.717, 1.165) is 12.8 Å². The lowest BCUT2D eigenvalue weighted by molar-refractivity contribution is -0.132. The molecule has 16 heavy (non-hydrogen) atoms. The van der Waals surface area contributed by atoms with Crippen LogP contribution in [0.1, 0.15) is 66.2 Å². The Balaban J connectivity index is 4.13. The molecule has 1 atom stereocenters. The fourth-order valence-electron chi connectivity index (χ4n) is 1.81. The summed E-state index contributed by atoms with van der Waals surface area (Å²) in [6.07, 6.45) is 8.75. The van der Waals surface area contributed by atoms with Gasteiger partial charge in [0.15, 0.2) is 0 Å². The summed E-state index contributed by atoms with van der Waals surface area (Å²) in [5, 5.41) is 8.74. The maximum atomic E-state index is 10.6. The molecule has 0 heterocycles. The summed E-state index contributed by atoms with van der Waals surface area (Å²) in [6, 6.07) is 0. The van der Waals surface area contributed by atoms with Crippen molar-refractivity contribution in [2.24, 2.45) is 5.41 Å². The molecule has 0 saturated carbocycles. The van der Waals surface area contributed by atoms with Gasteiger partial charge < -0.3 is 5.11 Å². The average molecular weight is 226 g/mol. The third-order valence-corrected chi connectivity index (χ3v) is 3.52. The van der Waals surface area contributed by atoms with E-state index in [1.54, 1.807) is 6.92 Å². The molecule has 0 aliphatic rings. The zero-order valence-corrected chi connectivity index (χ0v) is 11.2. The Labute approximate surface area is 99.7 Å². The van der Waals surface area contributed by atoms with Gasteiger partial charge >= 0.3 is 5.97 Å².